The molecule has 0 amide bonds. The van der Waals surface area contributed by atoms with E-state index in [-0.39, 0.29) is 5.41 Å². The highest BCUT2D eigenvalue weighted by Gasteiger charge is 2.35. The van der Waals surface area contributed by atoms with E-state index in [9.17, 15) is 0 Å². The van der Waals surface area contributed by atoms with Crippen LogP contribution in [0.25, 0.3) is 66.1 Å². The van der Waals surface area contributed by atoms with Crippen LogP contribution in [0.4, 0.5) is 17.1 Å². The largest absolute Gasteiger partial charge is 0.310 e. The Balaban J connectivity index is 1.09. The summed E-state index contributed by atoms with van der Waals surface area (Å²) in [5, 5.41) is 5.10. The number of hydrogen-bond donors (Lipinski definition) is 0. The fourth-order valence-electron chi connectivity index (χ4n) is 8.75. The molecular formula is C53H39N. The predicted molar refractivity (Wildman–Crippen MR) is 230 cm³/mol. The minimum Gasteiger partial charge on any atom is -0.310 e. The summed E-state index contributed by atoms with van der Waals surface area (Å²) >= 11 is 0. The highest BCUT2D eigenvalue weighted by atomic mass is 15.1. The van der Waals surface area contributed by atoms with E-state index in [1.807, 2.05) is 0 Å². The lowest BCUT2D eigenvalue weighted by atomic mass is 9.82. The van der Waals surface area contributed by atoms with Crippen LogP contribution in [0.1, 0.15) is 25.0 Å². The van der Waals surface area contributed by atoms with E-state index in [1.165, 1.54) is 77.2 Å². The molecule has 256 valence electrons. The van der Waals surface area contributed by atoms with Gasteiger partial charge in [0.15, 0.2) is 0 Å². The van der Waals surface area contributed by atoms with Crippen molar-refractivity contribution < 1.29 is 0 Å². The van der Waals surface area contributed by atoms with Crippen LogP contribution in [0, 0.1) is 0 Å². The molecule has 0 aromatic heterocycles. The first-order valence-corrected chi connectivity index (χ1v) is 18.8. The van der Waals surface area contributed by atoms with Gasteiger partial charge in [-0.05, 0) is 120 Å². The summed E-state index contributed by atoms with van der Waals surface area (Å²) in [5.74, 6) is 0. The zero-order valence-corrected chi connectivity index (χ0v) is 30.5. The van der Waals surface area contributed by atoms with Gasteiger partial charge in [-0.25, -0.2) is 0 Å². The van der Waals surface area contributed by atoms with Crippen LogP contribution in [0.5, 0.6) is 0 Å². The number of nitrogens with zero attached hydrogens (tertiary/aromatic N) is 1. The van der Waals surface area contributed by atoms with Gasteiger partial charge in [0.05, 0.1) is 0 Å². The third-order valence-corrected chi connectivity index (χ3v) is 11.5. The monoisotopic (exact) mass is 689 g/mol. The molecule has 0 saturated heterocycles. The van der Waals surface area contributed by atoms with Crippen LogP contribution >= 0.6 is 0 Å². The minimum atomic E-state index is -0.0920. The van der Waals surface area contributed by atoms with E-state index < -0.39 is 0 Å². The van der Waals surface area contributed by atoms with Gasteiger partial charge in [-0.1, -0.05) is 172 Å². The Hall–Kier alpha value is -6.70. The van der Waals surface area contributed by atoms with Gasteiger partial charge in [0.2, 0.25) is 0 Å². The molecule has 9 aromatic carbocycles. The summed E-state index contributed by atoms with van der Waals surface area (Å²) in [5.41, 5.74) is 16.0. The predicted octanol–water partition coefficient (Wildman–Crippen LogP) is 14.8. The molecule has 0 unspecified atom stereocenters. The number of benzene rings is 9. The maximum absolute atomic E-state index is 2.41. The molecule has 1 aliphatic carbocycles. The van der Waals surface area contributed by atoms with E-state index in [0.717, 1.165) is 17.1 Å². The third-order valence-electron chi connectivity index (χ3n) is 11.5. The lowest BCUT2D eigenvalue weighted by Gasteiger charge is -2.28. The minimum absolute atomic E-state index is 0.0920. The second-order valence-electron chi connectivity index (χ2n) is 14.9. The smallest absolute Gasteiger partial charge is 0.0465 e. The molecule has 0 bridgehead atoms. The van der Waals surface area contributed by atoms with Crippen molar-refractivity contribution in [2.45, 2.75) is 19.3 Å². The molecule has 9 aromatic rings. The van der Waals surface area contributed by atoms with Crippen molar-refractivity contribution in [3.8, 4) is 44.5 Å². The van der Waals surface area contributed by atoms with E-state index in [0.29, 0.717) is 0 Å². The molecule has 0 spiro atoms. The Morgan fingerprint density at radius 2 is 0.833 bits per heavy atom. The topological polar surface area (TPSA) is 3.24 Å². The molecule has 0 aliphatic heterocycles. The third kappa shape index (κ3) is 5.24. The summed E-state index contributed by atoms with van der Waals surface area (Å²) in [6, 6.07) is 73.3. The lowest BCUT2D eigenvalue weighted by Crippen LogP contribution is -2.16. The number of rotatable bonds is 6. The second kappa shape index (κ2) is 12.8. The first-order chi connectivity index (χ1) is 26.5. The van der Waals surface area contributed by atoms with Gasteiger partial charge in [0, 0.05) is 22.5 Å². The summed E-state index contributed by atoms with van der Waals surface area (Å²) in [7, 11) is 0. The normalized spacial score (nSPS) is 12.8. The van der Waals surface area contributed by atoms with Crippen LogP contribution in [0.2, 0.25) is 0 Å². The number of hydrogen-bond acceptors (Lipinski definition) is 1. The molecule has 0 radical (unpaired) electrons. The van der Waals surface area contributed by atoms with Gasteiger partial charge in [0.1, 0.15) is 0 Å². The standard InChI is InChI=1S/C53H39N/c1-53(2)51-23-13-12-22-48(51)49-33-32-42(35-52(49)53)54(40-28-24-37(25-29-40)36-14-4-3-5-15-36)41-30-26-38(27-31-41)43-17-8-9-20-46(43)50-34-39-16-6-7-18-44(39)45-19-10-11-21-47(45)50/h3-35H,1-2H3. The van der Waals surface area contributed by atoms with Crippen LogP contribution in [0.3, 0.4) is 0 Å². The number of anilines is 3. The zero-order valence-electron chi connectivity index (χ0n) is 30.5. The highest BCUT2D eigenvalue weighted by molar-refractivity contribution is 6.14. The van der Waals surface area contributed by atoms with Gasteiger partial charge in [0.25, 0.3) is 0 Å². The van der Waals surface area contributed by atoms with E-state index >= 15 is 0 Å². The molecule has 10 rings (SSSR count). The molecule has 1 nitrogen and oxygen atoms in total. The van der Waals surface area contributed by atoms with Crippen molar-refractivity contribution in [1.29, 1.82) is 0 Å². The van der Waals surface area contributed by atoms with E-state index in [1.54, 1.807) is 0 Å². The molecule has 0 heterocycles. The van der Waals surface area contributed by atoms with Gasteiger partial charge in [-0.15, -0.1) is 0 Å². The Morgan fingerprint density at radius 3 is 1.57 bits per heavy atom. The summed E-state index contributed by atoms with van der Waals surface area (Å²) in [6.07, 6.45) is 0. The molecule has 0 atom stereocenters. The Labute approximate surface area is 317 Å². The zero-order chi connectivity index (χ0) is 36.2. The molecule has 1 aliphatic rings. The van der Waals surface area contributed by atoms with Crippen molar-refractivity contribution in [3.05, 3.63) is 211 Å². The van der Waals surface area contributed by atoms with Crippen molar-refractivity contribution in [3.63, 3.8) is 0 Å². The Morgan fingerprint density at radius 1 is 0.315 bits per heavy atom. The van der Waals surface area contributed by atoms with Gasteiger partial charge >= 0.3 is 0 Å². The van der Waals surface area contributed by atoms with Crippen LogP contribution in [-0.4, -0.2) is 0 Å². The highest BCUT2D eigenvalue weighted by Crippen LogP contribution is 2.51. The Kier molecular flexibility index (Phi) is 7.56. The van der Waals surface area contributed by atoms with Crippen LogP contribution < -0.4 is 4.90 Å². The lowest BCUT2D eigenvalue weighted by molar-refractivity contribution is 0.660. The maximum atomic E-state index is 2.41. The molecule has 54 heavy (non-hydrogen) atoms. The van der Waals surface area contributed by atoms with Gasteiger partial charge < -0.3 is 4.90 Å². The summed E-state index contributed by atoms with van der Waals surface area (Å²) in [6.45, 7) is 4.71. The van der Waals surface area contributed by atoms with Crippen molar-refractivity contribution in [2.75, 3.05) is 4.90 Å². The summed E-state index contributed by atoms with van der Waals surface area (Å²) in [4.78, 5) is 2.40. The second-order valence-corrected chi connectivity index (χ2v) is 14.9. The fourth-order valence-corrected chi connectivity index (χ4v) is 8.75. The van der Waals surface area contributed by atoms with Crippen LogP contribution in [-0.2, 0) is 5.41 Å². The van der Waals surface area contributed by atoms with Crippen molar-refractivity contribution in [2.24, 2.45) is 0 Å². The molecule has 0 N–H and O–H groups in total. The average molecular weight is 690 g/mol. The maximum Gasteiger partial charge on any atom is 0.0465 e. The van der Waals surface area contributed by atoms with Gasteiger partial charge in [-0.3, -0.25) is 0 Å². The SMILES string of the molecule is CC1(C)c2ccccc2-c2ccc(N(c3ccc(-c4ccccc4)cc3)c3ccc(-c4ccccc4-c4cc5ccccc5c5ccccc45)cc3)cc21. The van der Waals surface area contributed by atoms with E-state index in [4.69, 9.17) is 0 Å². The first-order valence-electron chi connectivity index (χ1n) is 18.8. The molecule has 0 fully saturated rings. The van der Waals surface area contributed by atoms with Gasteiger partial charge in [-0.2, -0.15) is 0 Å². The fraction of sp³-hybridized carbons (Fsp3) is 0.0566. The molecule has 1 heteroatoms. The molecule has 0 saturated carbocycles. The number of fused-ring (bicyclic) bond motifs is 6. The first kappa shape index (κ1) is 32.0. The Bertz CT molecular complexity index is 2830. The quantitative estimate of drug-likeness (QED) is 0.157. The van der Waals surface area contributed by atoms with E-state index in [2.05, 4.69) is 219 Å². The van der Waals surface area contributed by atoms with Crippen LogP contribution in [0.15, 0.2) is 200 Å². The van der Waals surface area contributed by atoms with Crippen molar-refractivity contribution >= 4 is 38.6 Å². The van der Waals surface area contributed by atoms with Crippen molar-refractivity contribution in [1.82, 2.24) is 0 Å². The summed E-state index contributed by atoms with van der Waals surface area (Å²) < 4.78 is 0. The molecular weight excluding hydrogens is 651 g/mol. The average Bonchev–Trinajstić information content (AvgIpc) is 3.47.